The fourth-order valence-electron chi connectivity index (χ4n) is 10.8. The van der Waals surface area contributed by atoms with E-state index in [9.17, 15) is 0 Å². The molecule has 8 aromatic carbocycles. The van der Waals surface area contributed by atoms with Gasteiger partial charge >= 0.3 is 0 Å². The highest BCUT2D eigenvalue weighted by atomic mass is 16.5. The summed E-state index contributed by atoms with van der Waals surface area (Å²) in [5.41, 5.74) is 15.4. The lowest BCUT2D eigenvalue weighted by molar-refractivity contribution is 0.436. The van der Waals surface area contributed by atoms with Crippen LogP contribution in [0.2, 0.25) is 0 Å². The largest absolute Gasteiger partial charge is 0.457 e. The number of rotatable bonds is 5. The Kier molecular flexibility index (Phi) is 8.06. The summed E-state index contributed by atoms with van der Waals surface area (Å²) in [7, 11) is 0. The predicted octanol–water partition coefficient (Wildman–Crippen LogP) is 13.8. The van der Waals surface area contributed by atoms with Gasteiger partial charge in [0.05, 0.1) is 16.8 Å². The van der Waals surface area contributed by atoms with Gasteiger partial charge in [-0.05, 0) is 45.5 Å². The van der Waals surface area contributed by atoms with Gasteiger partial charge in [0.25, 0.3) is 0 Å². The standard InChI is InChI=1S/C59H39N5O/c1-58(2)43-30-13-12-26-39(43)50-52(36-20-6-3-7-21-36)60-57(61-53(50)58)42-29-18-27-40-49-41(56-63-54(37-22-8-4-9-23-37)62-55(64-56)38-24-10-5-11-25-38)28-19-33-46(49)59(51(40)42)44-31-14-16-34-47(44)65-48-35-17-15-32-45(48)59/h3-35H,1-2H3. The molecule has 0 atom stereocenters. The SMILES string of the molecule is CC1(C)c2ccccc2-c2c(-c3ccccc3)nc(-c3cccc4c3C3(c5ccccc5Oc5ccccc53)c3cccc(-c5nc(-c6ccccc6)nc(-c6ccccc6)n5)c3-4)nc21. The van der Waals surface area contributed by atoms with Crippen molar-refractivity contribution in [2.45, 2.75) is 24.7 Å². The van der Waals surface area contributed by atoms with Crippen LogP contribution >= 0.6 is 0 Å². The third-order valence-electron chi connectivity index (χ3n) is 13.6. The molecule has 0 saturated heterocycles. The van der Waals surface area contributed by atoms with Crippen LogP contribution < -0.4 is 4.74 Å². The molecule has 2 aromatic heterocycles. The molecule has 1 aliphatic heterocycles. The zero-order valence-electron chi connectivity index (χ0n) is 35.7. The van der Waals surface area contributed by atoms with Crippen LogP contribution in [0.5, 0.6) is 11.5 Å². The quantitative estimate of drug-likeness (QED) is 0.172. The number of nitrogens with zero attached hydrogens (tertiary/aromatic N) is 5. The molecule has 0 fully saturated rings. The highest BCUT2D eigenvalue weighted by molar-refractivity contribution is 5.99. The monoisotopic (exact) mass is 833 g/mol. The Morgan fingerprint density at radius 3 is 1.45 bits per heavy atom. The first-order chi connectivity index (χ1) is 32.0. The molecule has 2 aliphatic carbocycles. The molecule has 65 heavy (non-hydrogen) atoms. The summed E-state index contributed by atoms with van der Waals surface area (Å²) >= 11 is 0. The Bertz CT molecular complexity index is 3450. The molecule has 0 N–H and O–H groups in total. The van der Waals surface area contributed by atoms with Gasteiger partial charge in [-0.25, -0.2) is 24.9 Å². The minimum atomic E-state index is -0.839. The molecule has 0 unspecified atom stereocenters. The van der Waals surface area contributed by atoms with E-state index >= 15 is 0 Å². The predicted molar refractivity (Wildman–Crippen MR) is 258 cm³/mol. The molecule has 0 amide bonds. The van der Waals surface area contributed by atoms with Gasteiger partial charge in [-0.15, -0.1) is 0 Å². The van der Waals surface area contributed by atoms with Crippen molar-refractivity contribution in [1.29, 1.82) is 0 Å². The van der Waals surface area contributed by atoms with Crippen LogP contribution in [-0.4, -0.2) is 24.9 Å². The summed E-state index contributed by atoms with van der Waals surface area (Å²) in [5.74, 6) is 4.10. The van der Waals surface area contributed by atoms with Crippen LogP contribution in [-0.2, 0) is 10.8 Å². The fraction of sp³-hybridized carbons (Fsp3) is 0.0678. The first kappa shape index (κ1) is 37.2. The van der Waals surface area contributed by atoms with Crippen LogP contribution in [0.3, 0.4) is 0 Å². The summed E-state index contributed by atoms with van der Waals surface area (Å²) in [6, 6.07) is 69.7. The van der Waals surface area contributed by atoms with E-state index in [1.54, 1.807) is 0 Å². The lowest BCUT2D eigenvalue weighted by Gasteiger charge is -2.40. The molecule has 3 heterocycles. The second-order valence-corrected chi connectivity index (χ2v) is 17.5. The van der Waals surface area contributed by atoms with Gasteiger partial charge in [0.1, 0.15) is 11.5 Å². The Balaban J connectivity index is 1.15. The first-order valence-electron chi connectivity index (χ1n) is 22.1. The van der Waals surface area contributed by atoms with Gasteiger partial charge in [-0.2, -0.15) is 0 Å². The summed E-state index contributed by atoms with van der Waals surface area (Å²) in [4.78, 5) is 27.0. The number of fused-ring (bicyclic) bond motifs is 12. The number of ether oxygens (including phenoxy) is 1. The molecule has 1 spiro atoms. The minimum absolute atomic E-state index is 0.373. The summed E-state index contributed by atoms with van der Waals surface area (Å²) < 4.78 is 6.82. The maximum Gasteiger partial charge on any atom is 0.164 e. The van der Waals surface area contributed by atoms with Crippen LogP contribution in [0.15, 0.2) is 200 Å². The minimum Gasteiger partial charge on any atom is -0.457 e. The van der Waals surface area contributed by atoms with Crippen LogP contribution in [0.25, 0.3) is 79.1 Å². The highest BCUT2D eigenvalue weighted by Crippen LogP contribution is 2.65. The number of para-hydroxylation sites is 2. The number of aromatic nitrogens is 5. The second-order valence-electron chi connectivity index (χ2n) is 17.5. The highest BCUT2D eigenvalue weighted by Gasteiger charge is 2.53. The van der Waals surface area contributed by atoms with E-state index in [2.05, 4.69) is 178 Å². The van der Waals surface area contributed by atoms with Crippen molar-refractivity contribution in [2.24, 2.45) is 0 Å². The topological polar surface area (TPSA) is 73.7 Å². The van der Waals surface area contributed by atoms with Gasteiger partial charge in [0, 0.05) is 49.9 Å². The van der Waals surface area contributed by atoms with Crippen molar-refractivity contribution < 1.29 is 4.74 Å². The average molecular weight is 834 g/mol. The van der Waals surface area contributed by atoms with E-state index in [1.807, 2.05) is 36.4 Å². The Hall–Kier alpha value is -8.35. The molecular weight excluding hydrogens is 795 g/mol. The van der Waals surface area contributed by atoms with Crippen molar-refractivity contribution in [3.8, 4) is 90.6 Å². The zero-order valence-corrected chi connectivity index (χ0v) is 35.7. The lowest BCUT2D eigenvalue weighted by atomic mass is 9.65. The van der Waals surface area contributed by atoms with Gasteiger partial charge in [-0.1, -0.05) is 202 Å². The second kappa shape index (κ2) is 14.1. The third-order valence-corrected chi connectivity index (χ3v) is 13.6. The maximum atomic E-state index is 6.82. The summed E-state index contributed by atoms with van der Waals surface area (Å²) in [6.45, 7) is 4.57. The van der Waals surface area contributed by atoms with Gasteiger partial charge in [0.2, 0.25) is 0 Å². The average Bonchev–Trinajstić information content (AvgIpc) is 3.80. The van der Waals surface area contributed by atoms with Gasteiger partial charge in [-0.3, -0.25) is 0 Å². The van der Waals surface area contributed by atoms with Crippen LogP contribution in [0, 0.1) is 0 Å². The van der Waals surface area contributed by atoms with E-state index in [0.29, 0.717) is 23.3 Å². The van der Waals surface area contributed by atoms with E-state index in [-0.39, 0.29) is 5.41 Å². The van der Waals surface area contributed by atoms with Gasteiger partial charge < -0.3 is 4.74 Å². The Morgan fingerprint density at radius 1 is 0.338 bits per heavy atom. The Labute approximate surface area is 377 Å². The number of benzene rings is 8. The van der Waals surface area contributed by atoms with Crippen molar-refractivity contribution in [3.05, 3.63) is 234 Å². The normalized spacial score (nSPS) is 14.1. The molecule has 3 aliphatic rings. The van der Waals surface area contributed by atoms with E-state index in [1.165, 1.54) is 11.1 Å². The molecule has 0 bridgehead atoms. The van der Waals surface area contributed by atoms with Crippen molar-refractivity contribution in [2.75, 3.05) is 0 Å². The molecule has 0 radical (unpaired) electrons. The third kappa shape index (κ3) is 5.37. The molecule has 6 nitrogen and oxygen atoms in total. The Morgan fingerprint density at radius 2 is 0.800 bits per heavy atom. The molecule has 10 aromatic rings. The maximum absolute atomic E-state index is 6.82. The zero-order chi connectivity index (χ0) is 43.3. The molecular formula is C59H39N5O. The first-order valence-corrected chi connectivity index (χ1v) is 22.1. The summed E-state index contributed by atoms with van der Waals surface area (Å²) in [6.07, 6.45) is 0. The summed E-state index contributed by atoms with van der Waals surface area (Å²) in [5, 5.41) is 0. The number of hydrogen-bond acceptors (Lipinski definition) is 6. The molecule has 6 heteroatoms. The van der Waals surface area contributed by atoms with Crippen molar-refractivity contribution in [3.63, 3.8) is 0 Å². The van der Waals surface area contributed by atoms with Crippen molar-refractivity contribution in [1.82, 2.24) is 24.9 Å². The fourth-order valence-corrected chi connectivity index (χ4v) is 10.8. The smallest absolute Gasteiger partial charge is 0.164 e. The van der Waals surface area contributed by atoms with Crippen molar-refractivity contribution >= 4 is 0 Å². The van der Waals surface area contributed by atoms with E-state index in [4.69, 9.17) is 29.7 Å². The van der Waals surface area contributed by atoms with Gasteiger partial charge in [0.15, 0.2) is 23.3 Å². The van der Waals surface area contributed by atoms with E-state index < -0.39 is 5.41 Å². The molecule has 13 rings (SSSR count). The van der Waals surface area contributed by atoms with Crippen LogP contribution in [0.4, 0.5) is 0 Å². The van der Waals surface area contributed by atoms with E-state index in [0.717, 1.165) is 89.6 Å². The number of hydrogen-bond donors (Lipinski definition) is 0. The molecule has 0 saturated carbocycles. The molecule has 306 valence electrons. The van der Waals surface area contributed by atoms with Crippen LogP contribution in [0.1, 0.15) is 47.4 Å². The lowest BCUT2D eigenvalue weighted by Crippen LogP contribution is -2.32.